The molecule has 1 N–H and O–H groups in total. The lowest BCUT2D eigenvalue weighted by Crippen LogP contribution is -2.71. The lowest BCUT2D eigenvalue weighted by Gasteiger charge is -2.67. The number of benzene rings is 2. The van der Waals surface area contributed by atoms with Crippen molar-refractivity contribution in [3.8, 4) is 17.1 Å². The van der Waals surface area contributed by atoms with Gasteiger partial charge in [0.25, 0.3) is 0 Å². The van der Waals surface area contributed by atoms with Gasteiger partial charge < -0.3 is 28.5 Å². The first kappa shape index (κ1) is 32.8. The fraction of sp³-hybridized carbons (Fsp3) is 0.425. The molecule has 9 atom stereocenters. The van der Waals surface area contributed by atoms with Gasteiger partial charge in [-0.1, -0.05) is 43.7 Å². The number of aliphatic hydroxyl groups is 1. The van der Waals surface area contributed by atoms with Gasteiger partial charge in [-0.25, -0.2) is 14.0 Å². The molecule has 50 heavy (non-hydrogen) atoms. The van der Waals surface area contributed by atoms with Gasteiger partial charge in [0, 0.05) is 40.9 Å². The first-order chi connectivity index (χ1) is 23.9. The average molecular weight is 682 g/mol. The molecule has 8 rings (SSSR count). The minimum atomic E-state index is -1.30. The number of ether oxygens (including phenoxy) is 4. The molecular weight excluding hydrogens is 641 g/mol. The Hall–Kier alpha value is -4.38. The minimum absolute atomic E-state index is 0.0357. The topological polar surface area (TPSA) is 117 Å². The molecule has 2 aliphatic heterocycles. The van der Waals surface area contributed by atoms with E-state index in [1.807, 2.05) is 32.0 Å². The highest BCUT2D eigenvalue weighted by Gasteiger charge is 2.71. The van der Waals surface area contributed by atoms with Crippen molar-refractivity contribution in [1.82, 2.24) is 4.98 Å². The van der Waals surface area contributed by atoms with Crippen LogP contribution in [0, 0.1) is 35.4 Å². The molecule has 4 heterocycles. The molecule has 2 aromatic carbocycles. The van der Waals surface area contributed by atoms with Crippen molar-refractivity contribution in [1.29, 1.82) is 0 Å². The van der Waals surface area contributed by atoms with E-state index in [-0.39, 0.29) is 34.7 Å². The van der Waals surface area contributed by atoms with Crippen molar-refractivity contribution in [3.63, 3.8) is 0 Å². The minimum Gasteiger partial charge on any atom is -0.482 e. The Bertz CT molecular complexity index is 2000. The molecule has 3 unspecified atom stereocenters. The molecule has 2 aliphatic carbocycles. The quantitative estimate of drug-likeness (QED) is 0.225. The summed E-state index contributed by atoms with van der Waals surface area (Å²) in [5, 5.41) is 12.4. The Balaban J connectivity index is 1.21. The van der Waals surface area contributed by atoms with Crippen LogP contribution in [-0.4, -0.2) is 40.5 Å². The van der Waals surface area contributed by atoms with E-state index in [2.05, 4.69) is 24.9 Å². The predicted octanol–water partition coefficient (Wildman–Crippen LogP) is 7.12. The number of aromatic nitrogens is 1. The number of rotatable bonds is 4. The van der Waals surface area contributed by atoms with Crippen LogP contribution in [0.15, 0.2) is 88.3 Å². The summed E-state index contributed by atoms with van der Waals surface area (Å²) in [5.41, 5.74) is -0.253. The Morgan fingerprint density at radius 2 is 1.84 bits per heavy atom. The number of pyridine rings is 1. The van der Waals surface area contributed by atoms with E-state index in [9.17, 15) is 19.1 Å². The monoisotopic (exact) mass is 681 g/mol. The van der Waals surface area contributed by atoms with Crippen LogP contribution >= 0.6 is 0 Å². The van der Waals surface area contributed by atoms with Crippen molar-refractivity contribution in [2.75, 3.05) is 6.61 Å². The zero-order valence-corrected chi connectivity index (χ0v) is 28.4. The van der Waals surface area contributed by atoms with Crippen molar-refractivity contribution >= 4 is 5.97 Å². The molecule has 2 aromatic heterocycles. The van der Waals surface area contributed by atoms with Crippen molar-refractivity contribution < 1.29 is 37.7 Å². The normalized spacial score (nSPS) is 34.3. The molecule has 0 bridgehead atoms. The average Bonchev–Trinajstić information content (AvgIpc) is 3.09. The second kappa shape index (κ2) is 11.9. The van der Waals surface area contributed by atoms with Crippen molar-refractivity contribution in [2.45, 2.75) is 77.2 Å². The van der Waals surface area contributed by atoms with Gasteiger partial charge in [-0.05, 0) is 80.8 Å². The van der Waals surface area contributed by atoms with E-state index in [0.717, 1.165) is 11.1 Å². The van der Waals surface area contributed by atoms with Crippen LogP contribution in [0.25, 0.3) is 11.3 Å². The molecule has 260 valence electrons. The zero-order chi connectivity index (χ0) is 35.0. The Kier molecular flexibility index (Phi) is 7.78. The maximum atomic E-state index is 13.8. The number of hydrogen-bond acceptors (Lipinski definition) is 9. The number of aliphatic hydroxyl groups excluding tert-OH is 1. The smallest absolute Gasteiger partial charge is 0.345 e. The van der Waals surface area contributed by atoms with E-state index >= 15 is 0 Å². The molecule has 1 saturated heterocycles. The van der Waals surface area contributed by atoms with Gasteiger partial charge in [0.2, 0.25) is 0 Å². The van der Waals surface area contributed by atoms with Gasteiger partial charge in [-0.2, -0.15) is 0 Å². The van der Waals surface area contributed by atoms with Gasteiger partial charge in [0.05, 0.1) is 24.4 Å². The summed E-state index contributed by atoms with van der Waals surface area (Å²) in [4.78, 5) is 31.5. The van der Waals surface area contributed by atoms with Gasteiger partial charge in [0.1, 0.15) is 34.6 Å². The molecule has 3 fully saturated rings. The van der Waals surface area contributed by atoms with Crippen molar-refractivity contribution in [2.24, 2.45) is 22.7 Å². The van der Waals surface area contributed by atoms with Gasteiger partial charge >= 0.3 is 11.6 Å². The molecule has 4 aromatic rings. The van der Waals surface area contributed by atoms with Crippen LogP contribution in [0.1, 0.15) is 79.5 Å². The highest BCUT2D eigenvalue weighted by molar-refractivity contribution is 5.89. The summed E-state index contributed by atoms with van der Waals surface area (Å²) in [5.74, 6) is -1.57. The number of aryl methyl sites for hydroxylation is 1. The fourth-order valence-corrected chi connectivity index (χ4v) is 9.63. The summed E-state index contributed by atoms with van der Waals surface area (Å²) in [6.45, 7) is 8.54. The fourth-order valence-electron chi connectivity index (χ4n) is 9.63. The highest BCUT2D eigenvalue weighted by atomic mass is 19.1. The van der Waals surface area contributed by atoms with E-state index < -0.39 is 58.3 Å². The molecule has 0 amide bonds. The number of carbonyl (C=O) groups excluding carboxylic acids is 1. The van der Waals surface area contributed by atoms with Crippen LogP contribution in [-0.2, 0) is 14.2 Å². The maximum absolute atomic E-state index is 13.8. The predicted molar refractivity (Wildman–Crippen MR) is 180 cm³/mol. The first-order valence-corrected chi connectivity index (χ1v) is 17.2. The largest absolute Gasteiger partial charge is 0.482 e. The number of esters is 1. The number of halogens is 1. The third-order valence-electron chi connectivity index (χ3n) is 12.0. The second-order valence-electron chi connectivity index (χ2n) is 15.0. The highest BCUT2D eigenvalue weighted by Crippen LogP contribution is 2.68. The Labute approximate surface area is 289 Å². The van der Waals surface area contributed by atoms with Gasteiger partial charge in [-0.3, -0.25) is 4.98 Å². The zero-order valence-electron chi connectivity index (χ0n) is 28.4. The van der Waals surface area contributed by atoms with E-state index in [0.29, 0.717) is 31.4 Å². The Morgan fingerprint density at radius 3 is 2.58 bits per heavy atom. The summed E-state index contributed by atoms with van der Waals surface area (Å²) in [6, 6.07) is 18.4. The number of fused-ring (bicyclic) bond motifs is 6. The standard InChI is InChI=1S/C40H40FNO8/c1-22-7-5-8-24(17-22)37-46-21-39(3)29-19-31(48-35(44)23-10-12-26(41)13-11-23)40(4)34(38(29,2)15-14-30(39)49-37)33(43)32-28(50-40)18-27(47-36(32)45)25-9-6-16-42-20-25/h5-13,16-18,20,29-31,33-34,37,43H,14-15,19,21H2,1-4H3/t29?,30-,31-,33?,34?,37+,38-,39-,40+/m0/s1. The Morgan fingerprint density at radius 1 is 1.04 bits per heavy atom. The van der Waals surface area contributed by atoms with Crippen LogP contribution in [0.5, 0.6) is 5.75 Å². The number of hydrogen-bond donors (Lipinski definition) is 1. The third-order valence-corrected chi connectivity index (χ3v) is 12.0. The summed E-state index contributed by atoms with van der Waals surface area (Å²) < 4.78 is 45.9. The molecule has 2 saturated carbocycles. The lowest BCUT2D eigenvalue weighted by molar-refractivity contribution is -0.330. The maximum Gasteiger partial charge on any atom is 0.345 e. The second-order valence-corrected chi connectivity index (χ2v) is 15.0. The summed E-state index contributed by atoms with van der Waals surface area (Å²) in [7, 11) is 0. The van der Waals surface area contributed by atoms with Crippen LogP contribution < -0.4 is 10.4 Å². The van der Waals surface area contributed by atoms with Gasteiger partial charge in [-0.15, -0.1) is 0 Å². The summed E-state index contributed by atoms with van der Waals surface area (Å²) >= 11 is 0. The number of nitrogens with zero attached hydrogens (tertiary/aromatic N) is 1. The van der Waals surface area contributed by atoms with E-state index in [1.54, 1.807) is 30.6 Å². The lowest BCUT2D eigenvalue weighted by atomic mass is 9.42. The van der Waals surface area contributed by atoms with Gasteiger partial charge in [0.15, 0.2) is 6.29 Å². The first-order valence-electron chi connectivity index (χ1n) is 17.2. The van der Waals surface area contributed by atoms with E-state index in [1.165, 1.54) is 24.3 Å². The molecule has 4 aliphatic rings. The SMILES string of the molecule is Cc1cccc([C@@H]2OC[C@@]3(C)C4C[C@H](OC(=O)c5ccc(F)cc5)[C@@]5(C)Oc6cc(-c7cccnc7)oc(=O)c6C(O)C5[C@@]4(C)CC[C@@H]3O2)c1. The number of carbonyl (C=O) groups is 1. The molecular formula is C40H40FNO8. The molecule has 0 radical (unpaired) electrons. The van der Waals surface area contributed by atoms with Crippen molar-refractivity contribution in [3.05, 3.63) is 118 Å². The molecule has 9 nitrogen and oxygen atoms in total. The van der Waals surface area contributed by atoms with E-state index in [4.69, 9.17) is 23.4 Å². The van der Waals surface area contributed by atoms with Crippen LogP contribution in [0.4, 0.5) is 4.39 Å². The third kappa shape index (κ3) is 5.10. The van der Waals surface area contributed by atoms with Crippen LogP contribution in [0.3, 0.4) is 0 Å². The molecule has 10 heteroatoms. The van der Waals surface area contributed by atoms with Crippen LogP contribution in [0.2, 0.25) is 0 Å². The summed E-state index contributed by atoms with van der Waals surface area (Å²) in [6.07, 6.45) is 2.05. The molecule has 0 spiro atoms.